The van der Waals surface area contributed by atoms with Gasteiger partial charge in [0.15, 0.2) is 0 Å². The molecule has 0 N–H and O–H groups in total. The highest BCUT2D eigenvalue weighted by molar-refractivity contribution is 6.63. The van der Waals surface area contributed by atoms with Crippen molar-refractivity contribution in [2.75, 3.05) is 26.3 Å². The van der Waals surface area contributed by atoms with Crippen molar-refractivity contribution in [3.8, 4) is 0 Å². The van der Waals surface area contributed by atoms with Crippen LogP contribution in [0.4, 0.5) is 4.39 Å². The molecule has 24 heavy (non-hydrogen) atoms. The molecular weight excluding hydrogens is 312 g/mol. The summed E-state index contributed by atoms with van der Waals surface area (Å²) in [5.41, 5.74) is -0.196. The number of amides is 1. The molecule has 2 aliphatic rings. The van der Waals surface area contributed by atoms with Gasteiger partial charge >= 0.3 is 7.12 Å². The topological polar surface area (TPSA) is 48.0 Å². The molecule has 0 aliphatic carbocycles. The Morgan fingerprint density at radius 1 is 1.12 bits per heavy atom. The van der Waals surface area contributed by atoms with E-state index in [0.717, 1.165) is 0 Å². The summed E-state index contributed by atoms with van der Waals surface area (Å²) in [5, 5.41) is 0. The number of carbonyl (C=O) groups excluding carboxylic acids is 1. The van der Waals surface area contributed by atoms with Crippen molar-refractivity contribution in [1.82, 2.24) is 4.90 Å². The SMILES string of the molecule is CC1(C)OB(c2ccc(F)cc2C(=O)N2CCOCC2)OC1(C)C. The van der Waals surface area contributed by atoms with Crippen LogP contribution in [0.25, 0.3) is 0 Å². The van der Waals surface area contributed by atoms with Crippen LogP contribution in [-0.2, 0) is 14.0 Å². The number of morpholine rings is 1. The quantitative estimate of drug-likeness (QED) is 0.771. The van der Waals surface area contributed by atoms with Gasteiger partial charge in [-0.2, -0.15) is 0 Å². The van der Waals surface area contributed by atoms with E-state index in [2.05, 4.69) is 0 Å². The molecule has 0 aromatic heterocycles. The molecule has 2 aliphatic heterocycles. The highest BCUT2D eigenvalue weighted by Crippen LogP contribution is 2.36. The molecule has 2 saturated heterocycles. The molecule has 0 spiro atoms. The zero-order chi connectivity index (χ0) is 17.5. The van der Waals surface area contributed by atoms with Crippen LogP contribution < -0.4 is 5.46 Å². The average molecular weight is 335 g/mol. The van der Waals surface area contributed by atoms with Crippen molar-refractivity contribution in [2.24, 2.45) is 0 Å². The second-order valence-electron chi connectivity index (χ2n) is 7.22. The highest BCUT2D eigenvalue weighted by atomic mass is 19.1. The summed E-state index contributed by atoms with van der Waals surface area (Å²) in [4.78, 5) is 14.5. The number of rotatable bonds is 2. The minimum Gasteiger partial charge on any atom is -0.399 e. The molecule has 0 atom stereocenters. The Labute approximate surface area is 142 Å². The second kappa shape index (κ2) is 6.13. The maximum Gasteiger partial charge on any atom is 0.495 e. The van der Waals surface area contributed by atoms with Crippen LogP contribution in [-0.4, -0.2) is 55.4 Å². The third kappa shape index (κ3) is 3.08. The zero-order valence-electron chi connectivity index (χ0n) is 14.6. The summed E-state index contributed by atoms with van der Waals surface area (Å²) in [5.74, 6) is -0.672. The van der Waals surface area contributed by atoms with Gasteiger partial charge in [0.1, 0.15) is 5.82 Å². The molecule has 0 bridgehead atoms. The lowest BCUT2D eigenvalue weighted by Gasteiger charge is -2.32. The first-order valence-corrected chi connectivity index (χ1v) is 8.23. The van der Waals surface area contributed by atoms with Gasteiger partial charge in [-0.05, 0) is 45.3 Å². The van der Waals surface area contributed by atoms with E-state index in [1.807, 2.05) is 27.7 Å². The first-order valence-electron chi connectivity index (χ1n) is 8.23. The number of hydrogen-bond acceptors (Lipinski definition) is 4. The van der Waals surface area contributed by atoms with Crippen molar-refractivity contribution in [3.05, 3.63) is 29.6 Å². The maximum absolute atomic E-state index is 13.8. The smallest absolute Gasteiger partial charge is 0.399 e. The number of halogens is 1. The Balaban J connectivity index is 1.93. The molecule has 2 heterocycles. The van der Waals surface area contributed by atoms with Crippen molar-refractivity contribution >= 4 is 18.5 Å². The lowest BCUT2D eigenvalue weighted by molar-refractivity contribution is 0.00578. The van der Waals surface area contributed by atoms with Crippen LogP contribution in [0, 0.1) is 5.82 Å². The van der Waals surface area contributed by atoms with E-state index < -0.39 is 24.1 Å². The fourth-order valence-corrected chi connectivity index (χ4v) is 2.83. The number of nitrogens with zero attached hydrogens (tertiary/aromatic N) is 1. The predicted octanol–water partition coefficient (Wildman–Crippen LogP) is 1.60. The van der Waals surface area contributed by atoms with E-state index in [1.54, 1.807) is 11.0 Å². The van der Waals surface area contributed by atoms with E-state index in [-0.39, 0.29) is 11.5 Å². The van der Waals surface area contributed by atoms with Gasteiger partial charge < -0.3 is 18.9 Å². The zero-order valence-corrected chi connectivity index (χ0v) is 14.6. The molecule has 3 rings (SSSR count). The van der Waals surface area contributed by atoms with Crippen LogP contribution in [0.3, 0.4) is 0 Å². The predicted molar refractivity (Wildman–Crippen MR) is 88.8 cm³/mol. The maximum atomic E-state index is 13.8. The number of ether oxygens (including phenoxy) is 1. The molecule has 0 unspecified atom stereocenters. The van der Waals surface area contributed by atoms with Crippen molar-refractivity contribution in [1.29, 1.82) is 0 Å². The van der Waals surface area contributed by atoms with E-state index in [9.17, 15) is 9.18 Å². The van der Waals surface area contributed by atoms with E-state index in [4.69, 9.17) is 14.0 Å². The van der Waals surface area contributed by atoms with E-state index in [0.29, 0.717) is 31.8 Å². The van der Waals surface area contributed by atoms with Gasteiger partial charge in [-0.3, -0.25) is 4.79 Å². The summed E-state index contributed by atoms with van der Waals surface area (Å²) in [6, 6.07) is 4.17. The molecule has 1 aromatic rings. The van der Waals surface area contributed by atoms with E-state index >= 15 is 0 Å². The first kappa shape index (κ1) is 17.4. The largest absolute Gasteiger partial charge is 0.495 e. The van der Waals surface area contributed by atoms with Crippen LogP contribution in [0.1, 0.15) is 38.1 Å². The van der Waals surface area contributed by atoms with Crippen molar-refractivity contribution in [3.63, 3.8) is 0 Å². The number of hydrogen-bond donors (Lipinski definition) is 0. The second-order valence-corrected chi connectivity index (χ2v) is 7.22. The minimum atomic E-state index is -0.699. The molecule has 2 fully saturated rings. The van der Waals surface area contributed by atoms with Gasteiger partial charge in [-0.15, -0.1) is 0 Å². The Hall–Kier alpha value is -1.44. The lowest BCUT2D eigenvalue weighted by atomic mass is 9.75. The van der Waals surface area contributed by atoms with Gasteiger partial charge in [-0.1, -0.05) is 6.07 Å². The fraction of sp³-hybridized carbons (Fsp3) is 0.588. The highest BCUT2D eigenvalue weighted by Gasteiger charge is 2.52. The third-order valence-electron chi connectivity index (χ3n) is 5.05. The standard InChI is InChI=1S/C17H23BFNO4/c1-16(2)17(3,4)24-18(23-16)14-6-5-12(19)11-13(14)15(21)20-7-9-22-10-8-20/h5-6,11H,7-10H2,1-4H3. The summed E-state index contributed by atoms with van der Waals surface area (Å²) >= 11 is 0. The van der Waals surface area contributed by atoms with Crippen LogP contribution in [0.15, 0.2) is 18.2 Å². The normalized spacial score (nSPS) is 22.7. The monoisotopic (exact) mass is 335 g/mol. The van der Waals surface area contributed by atoms with Gasteiger partial charge in [0.2, 0.25) is 0 Å². The Kier molecular flexibility index (Phi) is 4.44. The number of benzene rings is 1. The van der Waals surface area contributed by atoms with Gasteiger partial charge in [0, 0.05) is 18.7 Å². The van der Waals surface area contributed by atoms with Crippen LogP contribution in [0.2, 0.25) is 0 Å². The van der Waals surface area contributed by atoms with Crippen LogP contribution in [0.5, 0.6) is 0 Å². The average Bonchev–Trinajstić information content (AvgIpc) is 2.75. The molecule has 1 aromatic carbocycles. The summed E-state index contributed by atoms with van der Waals surface area (Å²) < 4.78 is 31.1. The molecule has 0 radical (unpaired) electrons. The molecule has 5 nitrogen and oxygen atoms in total. The molecule has 130 valence electrons. The fourth-order valence-electron chi connectivity index (χ4n) is 2.83. The third-order valence-corrected chi connectivity index (χ3v) is 5.05. The van der Waals surface area contributed by atoms with Crippen molar-refractivity contribution in [2.45, 2.75) is 38.9 Å². The van der Waals surface area contributed by atoms with Gasteiger partial charge in [-0.25, -0.2) is 4.39 Å². The Bertz CT molecular complexity index is 627. The van der Waals surface area contributed by atoms with Gasteiger partial charge in [0.25, 0.3) is 5.91 Å². The summed E-state index contributed by atoms with van der Waals surface area (Å²) in [6.07, 6.45) is 0. The van der Waals surface area contributed by atoms with Gasteiger partial charge in [0.05, 0.1) is 24.4 Å². The first-order chi connectivity index (χ1) is 11.2. The summed E-state index contributed by atoms with van der Waals surface area (Å²) in [6.45, 7) is 9.76. The Morgan fingerprint density at radius 2 is 1.71 bits per heavy atom. The molecule has 7 heteroatoms. The Morgan fingerprint density at radius 3 is 2.29 bits per heavy atom. The lowest BCUT2D eigenvalue weighted by Crippen LogP contribution is -2.45. The molecular formula is C17H23BFNO4. The van der Waals surface area contributed by atoms with Crippen molar-refractivity contribution < 1.29 is 23.2 Å². The summed E-state index contributed by atoms with van der Waals surface area (Å²) in [7, 11) is -0.699. The minimum absolute atomic E-state index is 0.220. The number of carbonyl (C=O) groups is 1. The molecule has 1 amide bonds. The van der Waals surface area contributed by atoms with E-state index in [1.165, 1.54) is 12.1 Å². The van der Waals surface area contributed by atoms with Crippen LogP contribution >= 0.6 is 0 Å². The molecule has 0 saturated carbocycles.